The summed E-state index contributed by atoms with van der Waals surface area (Å²) in [6, 6.07) is 0.451. The highest BCUT2D eigenvalue weighted by atomic mass is 15.3. The van der Waals surface area contributed by atoms with Crippen molar-refractivity contribution in [3.8, 4) is 0 Å². The minimum absolute atomic E-state index is 0.261. The number of rotatable bonds is 3. The van der Waals surface area contributed by atoms with Crippen LogP contribution in [0.4, 0.5) is 17.8 Å². The maximum atomic E-state index is 5.68. The van der Waals surface area contributed by atoms with Gasteiger partial charge in [-0.25, -0.2) is 0 Å². The molecule has 94 valence electrons. The van der Waals surface area contributed by atoms with E-state index in [1.165, 1.54) is 19.3 Å². The Morgan fingerprint density at radius 3 is 2.59 bits per heavy atom. The van der Waals surface area contributed by atoms with E-state index >= 15 is 0 Å². The monoisotopic (exact) mass is 236 g/mol. The number of hydrogen-bond acceptors (Lipinski definition) is 6. The zero-order valence-electron chi connectivity index (χ0n) is 10.6. The number of nitrogens with two attached hydrogens (primary N) is 1. The summed E-state index contributed by atoms with van der Waals surface area (Å²) in [5.41, 5.74) is 5.68. The van der Waals surface area contributed by atoms with Crippen LogP contribution in [0.3, 0.4) is 0 Å². The van der Waals surface area contributed by atoms with Crippen LogP contribution in [-0.4, -0.2) is 35.1 Å². The van der Waals surface area contributed by atoms with Crippen LogP contribution in [0.5, 0.6) is 0 Å². The van der Waals surface area contributed by atoms with Gasteiger partial charge in [0.2, 0.25) is 17.8 Å². The quantitative estimate of drug-likeness (QED) is 0.818. The van der Waals surface area contributed by atoms with Crippen molar-refractivity contribution in [3.63, 3.8) is 0 Å². The van der Waals surface area contributed by atoms with Crippen LogP contribution in [0.2, 0.25) is 0 Å². The van der Waals surface area contributed by atoms with Crippen molar-refractivity contribution in [1.82, 2.24) is 15.0 Å². The van der Waals surface area contributed by atoms with E-state index < -0.39 is 0 Å². The largest absolute Gasteiger partial charge is 0.368 e. The molecule has 2 unspecified atom stereocenters. The fourth-order valence-corrected chi connectivity index (χ4v) is 2.17. The third-order valence-corrected chi connectivity index (χ3v) is 3.22. The maximum Gasteiger partial charge on any atom is 0.231 e. The number of nitrogen functional groups attached to an aromatic ring is 1. The minimum Gasteiger partial charge on any atom is -0.368 e. The Morgan fingerprint density at radius 2 is 2.00 bits per heavy atom. The predicted octanol–water partition coefficient (Wildman–Crippen LogP) is 1.12. The SMILES string of the molecule is CC1CCCC1Nc1nc(N)nc(N(C)C)n1. The second kappa shape index (κ2) is 4.73. The third kappa shape index (κ3) is 2.75. The molecule has 0 aromatic carbocycles. The zero-order chi connectivity index (χ0) is 12.4. The van der Waals surface area contributed by atoms with E-state index in [2.05, 4.69) is 27.2 Å². The minimum atomic E-state index is 0.261. The molecular weight excluding hydrogens is 216 g/mol. The van der Waals surface area contributed by atoms with Gasteiger partial charge < -0.3 is 16.0 Å². The van der Waals surface area contributed by atoms with E-state index in [1.807, 2.05) is 19.0 Å². The molecule has 1 saturated carbocycles. The first-order chi connectivity index (χ1) is 8.06. The molecule has 1 aliphatic carbocycles. The molecule has 2 rings (SSSR count). The van der Waals surface area contributed by atoms with E-state index in [-0.39, 0.29) is 5.95 Å². The van der Waals surface area contributed by atoms with Crippen LogP contribution in [0.15, 0.2) is 0 Å². The zero-order valence-corrected chi connectivity index (χ0v) is 10.6. The average Bonchev–Trinajstić information content (AvgIpc) is 2.63. The molecule has 6 heteroatoms. The van der Waals surface area contributed by atoms with Gasteiger partial charge in [0, 0.05) is 20.1 Å². The summed E-state index contributed by atoms with van der Waals surface area (Å²) in [4.78, 5) is 14.4. The molecule has 0 aliphatic heterocycles. The Morgan fingerprint density at radius 1 is 1.24 bits per heavy atom. The second-order valence-corrected chi connectivity index (χ2v) is 4.87. The van der Waals surface area contributed by atoms with Crippen molar-refractivity contribution < 1.29 is 0 Å². The highest BCUT2D eigenvalue weighted by Crippen LogP contribution is 2.27. The molecule has 0 amide bonds. The van der Waals surface area contributed by atoms with Crippen LogP contribution < -0.4 is 16.0 Å². The second-order valence-electron chi connectivity index (χ2n) is 4.87. The maximum absolute atomic E-state index is 5.68. The molecule has 1 aromatic rings. The Hall–Kier alpha value is -1.59. The van der Waals surface area contributed by atoms with Crippen LogP contribution in [0.25, 0.3) is 0 Å². The van der Waals surface area contributed by atoms with Crippen molar-refractivity contribution in [2.75, 3.05) is 30.0 Å². The molecular formula is C11H20N6. The molecule has 0 spiro atoms. The van der Waals surface area contributed by atoms with Gasteiger partial charge in [0.05, 0.1) is 0 Å². The lowest BCUT2D eigenvalue weighted by molar-refractivity contribution is 0.553. The van der Waals surface area contributed by atoms with E-state index in [1.54, 1.807) is 0 Å². The number of nitrogens with zero attached hydrogens (tertiary/aromatic N) is 4. The summed E-state index contributed by atoms with van der Waals surface area (Å²) in [6.45, 7) is 2.25. The normalized spacial score (nSPS) is 23.7. The van der Waals surface area contributed by atoms with Crippen molar-refractivity contribution in [3.05, 3.63) is 0 Å². The van der Waals surface area contributed by atoms with Gasteiger partial charge in [0.1, 0.15) is 0 Å². The number of hydrogen-bond donors (Lipinski definition) is 2. The highest BCUT2D eigenvalue weighted by Gasteiger charge is 2.24. The van der Waals surface area contributed by atoms with Gasteiger partial charge in [-0.15, -0.1) is 0 Å². The van der Waals surface area contributed by atoms with Gasteiger partial charge in [-0.1, -0.05) is 13.3 Å². The van der Waals surface area contributed by atoms with E-state index in [0.29, 0.717) is 23.9 Å². The first kappa shape index (κ1) is 11.9. The average molecular weight is 236 g/mol. The molecule has 3 N–H and O–H groups in total. The van der Waals surface area contributed by atoms with Crippen LogP contribution in [-0.2, 0) is 0 Å². The number of nitrogens with one attached hydrogen (secondary N) is 1. The topological polar surface area (TPSA) is 80.0 Å². The smallest absolute Gasteiger partial charge is 0.231 e. The molecule has 2 atom stereocenters. The molecule has 1 aliphatic rings. The summed E-state index contributed by atoms with van der Waals surface area (Å²) < 4.78 is 0. The van der Waals surface area contributed by atoms with Gasteiger partial charge >= 0.3 is 0 Å². The van der Waals surface area contributed by atoms with Crippen molar-refractivity contribution >= 4 is 17.8 Å². The lowest BCUT2D eigenvalue weighted by Crippen LogP contribution is -2.24. The number of anilines is 3. The number of aromatic nitrogens is 3. The standard InChI is InChI=1S/C11H20N6/c1-7-5-4-6-8(7)13-10-14-9(12)15-11(16-10)17(2)3/h7-8H,4-6H2,1-3H3,(H3,12,13,14,15,16). The van der Waals surface area contributed by atoms with Gasteiger partial charge in [0.25, 0.3) is 0 Å². The van der Waals surface area contributed by atoms with Gasteiger partial charge in [-0.2, -0.15) is 15.0 Å². The molecule has 17 heavy (non-hydrogen) atoms. The Kier molecular flexibility index (Phi) is 3.31. The van der Waals surface area contributed by atoms with Gasteiger partial charge in [0.15, 0.2) is 0 Å². The summed E-state index contributed by atoms with van der Waals surface area (Å²) in [5.74, 6) is 2.10. The molecule has 1 fully saturated rings. The van der Waals surface area contributed by atoms with Crippen molar-refractivity contribution in [1.29, 1.82) is 0 Å². The highest BCUT2D eigenvalue weighted by molar-refractivity contribution is 5.41. The van der Waals surface area contributed by atoms with Crippen LogP contribution >= 0.6 is 0 Å². The third-order valence-electron chi connectivity index (χ3n) is 3.22. The van der Waals surface area contributed by atoms with E-state index in [4.69, 9.17) is 5.73 Å². The van der Waals surface area contributed by atoms with Crippen LogP contribution in [0.1, 0.15) is 26.2 Å². The Balaban J connectivity index is 2.15. The van der Waals surface area contributed by atoms with Gasteiger partial charge in [-0.3, -0.25) is 0 Å². The van der Waals surface area contributed by atoms with E-state index in [0.717, 1.165) is 0 Å². The van der Waals surface area contributed by atoms with Gasteiger partial charge in [-0.05, 0) is 18.8 Å². The van der Waals surface area contributed by atoms with E-state index in [9.17, 15) is 0 Å². The summed E-state index contributed by atoms with van der Waals surface area (Å²) >= 11 is 0. The summed E-state index contributed by atoms with van der Waals surface area (Å²) in [7, 11) is 3.77. The fourth-order valence-electron chi connectivity index (χ4n) is 2.17. The summed E-state index contributed by atoms with van der Waals surface area (Å²) in [5, 5.41) is 3.36. The first-order valence-corrected chi connectivity index (χ1v) is 6.01. The lowest BCUT2D eigenvalue weighted by Gasteiger charge is -2.18. The molecule has 6 nitrogen and oxygen atoms in total. The molecule has 1 heterocycles. The lowest BCUT2D eigenvalue weighted by atomic mass is 10.1. The van der Waals surface area contributed by atoms with Crippen molar-refractivity contribution in [2.45, 2.75) is 32.2 Å². The van der Waals surface area contributed by atoms with Crippen molar-refractivity contribution in [2.24, 2.45) is 5.92 Å². The molecule has 0 radical (unpaired) electrons. The molecule has 0 bridgehead atoms. The predicted molar refractivity (Wildman–Crippen MR) is 69.0 cm³/mol. The molecule has 1 aromatic heterocycles. The van der Waals surface area contributed by atoms with Crippen LogP contribution in [0, 0.1) is 5.92 Å². The molecule has 0 saturated heterocycles. The Bertz CT molecular complexity index is 392. The fraction of sp³-hybridized carbons (Fsp3) is 0.727. The first-order valence-electron chi connectivity index (χ1n) is 6.01. The Labute approximate surface area is 102 Å². The summed E-state index contributed by atoms with van der Waals surface area (Å²) in [6.07, 6.45) is 3.70.